The van der Waals surface area contributed by atoms with Crippen molar-refractivity contribution in [2.45, 2.75) is 13.3 Å². The zero-order chi connectivity index (χ0) is 16.7. The molecule has 1 aromatic carbocycles. The molecule has 0 aliphatic heterocycles. The topological polar surface area (TPSA) is 80.3 Å². The number of methoxy groups -OCH3 is 1. The van der Waals surface area contributed by atoms with Crippen molar-refractivity contribution in [1.29, 1.82) is 0 Å². The Kier molecular flexibility index (Phi) is 5.81. The Morgan fingerprint density at radius 3 is 2.61 bits per heavy atom. The number of anilines is 2. The normalized spacial score (nSPS) is 11.0. The fourth-order valence-electron chi connectivity index (χ4n) is 2.04. The molecule has 1 heterocycles. The van der Waals surface area contributed by atoms with Gasteiger partial charge in [0.05, 0.1) is 24.7 Å². The minimum atomic E-state index is -3.29. The molecule has 1 aromatic heterocycles. The molecule has 0 saturated carbocycles. The third-order valence-electron chi connectivity index (χ3n) is 3.32. The molecule has 0 atom stereocenters. The molecule has 124 valence electrons. The second kappa shape index (κ2) is 7.82. The summed E-state index contributed by atoms with van der Waals surface area (Å²) in [4.78, 5) is 4.09. The second-order valence-electron chi connectivity index (χ2n) is 4.93. The van der Waals surface area contributed by atoms with E-state index >= 15 is 0 Å². The highest BCUT2D eigenvalue weighted by Gasteiger charge is 2.07. The van der Waals surface area contributed by atoms with Gasteiger partial charge >= 0.3 is 0 Å². The predicted octanol–water partition coefficient (Wildman–Crippen LogP) is 2.51. The molecule has 2 N–H and O–H groups in total. The maximum absolute atomic E-state index is 11.5. The van der Waals surface area contributed by atoms with E-state index in [1.807, 2.05) is 24.3 Å². The first-order chi connectivity index (χ1) is 11.0. The second-order valence-corrected chi connectivity index (χ2v) is 6.94. The van der Waals surface area contributed by atoms with Gasteiger partial charge in [0.15, 0.2) is 0 Å². The number of benzene rings is 1. The van der Waals surface area contributed by atoms with Gasteiger partial charge in [-0.15, -0.1) is 0 Å². The van der Waals surface area contributed by atoms with Crippen LogP contribution >= 0.6 is 0 Å². The highest BCUT2D eigenvalue weighted by molar-refractivity contribution is 7.92. The van der Waals surface area contributed by atoms with Crippen LogP contribution in [0.1, 0.15) is 12.5 Å². The van der Waals surface area contributed by atoms with Crippen LogP contribution in [0, 0.1) is 0 Å². The van der Waals surface area contributed by atoms with Crippen LogP contribution in [0.4, 0.5) is 11.5 Å². The lowest BCUT2D eigenvalue weighted by Gasteiger charge is -2.10. The summed E-state index contributed by atoms with van der Waals surface area (Å²) in [5.41, 5.74) is 1.96. The summed E-state index contributed by atoms with van der Waals surface area (Å²) in [7, 11) is -1.63. The van der Waals surface area contributed by atoms with Crippen molar-refractivity contribution in [3.63, 3.8) is 0 Å². The number of hydrogen-bond donors (Lipinski definition) is 2. The largest absolute Gasteiger partial charge is 0.496 e. The zero-order valence-electron chi connectivity index (χ0n) is 13.2. The van der Waals surface area contributed by atoms with Crippen LogP contribution in [0.15, 0.2) is 42.6 Å². The van der Waals surface area contributed by atoms with Gasteiger partial charge in [0.1, 0.15) is 11.6 Å². The van der Waals surface area contributed by atoms with Crippen LogP contribution in [0.5, 0.6) is 5.75 Å². The first-order valence-corrected chi connectivity index (χ1v) is 9.01. The van der Waals surface area contributed by atoms with Crippen molar-refractivity contribution in [1.82, 2.24) is 4.98 Å². The predicted molar refractivity (Wildman–Crippen MR) is 92.5 cm³/mol. The maximum Gasteiger partial charge on any atom is 0.233 e. The van der Waals surface area contributed by atoms with E-state index in [0.717, 1.165) is 30.0 Å². The molecule has 2 aromatic rings. The zero-order valence-corrected chi connectivity index (χ0v) is 14.1. The molecule has 0 aliphatic carbocycles. The number of nitrogens with one attached hydrogen (secondary N) is 2. The van der Waals surface area contributed by atoms with E-state index in [9.17, 15) is 8.42 Å². The van der Waals surface area contributed by atoms with Gasteiger partial charge in [-0.1, -0.05) is 18.2 Å². The lowest BCUT2D eigenvalue weighted by Crippen LogP contribution is -2.15. The highest BCUT2D eigenvalue weighted by Crippen LogP contribution is 2.18. The molecule has 0 fully saturated rings. The Bertz CT molecular complexity index is 730. The van der Waals surface area contributed by atoms with Crippen LogP contribution in [-0.4, -0.2) is 32.8 Å². The summed E-state index contributed by atoms with van der Waals surface area (Å²) >= 11 is 0. The molecule has 0 amide bonds. The van der Waals surface area contributed by atoms with Crippen molar-refractivity contribution in [2.24, 2.45) is 0 Å². The molecular weight excluding hydrogens is 314 g/mol. The molecular formula is C16H21N3O3S. The summed E-state index contributed by atoms with van der Waals surface area (Å²) in [6, 6.07) is 11.3. The Labute approximate surface area is 137 Å². The van der Waals surface area contributed by atoms with E-state index in [1.165, 1.54) is 0 Å². The van der Waals surface area contributed by atoms with E-state index in [4.69, 9.17) is 4.74 Å². The van der Waals surface area contributed by atoms with E-state index in [2.05, 4.69) is 15.0 Å². The van der Waals surface area contributed by atoms with E-state index in [-0.39, 0.29) is 5.75 Å². The summed E-state index contributed by atoms with van der Waals surface area (Å²) < 4.78 is 30.7. The average Bonchev–Trinajstić information content (AvgIpc) is 2.56. The Balaban J connectivity index is 1.89. The molecule has 0 saturated heterocycles. The van der Waals surface area contributed by atoms with Crippen LogP contribution < -0.4 is 14.8 Å². The third kappa shape index (κ3) is 5.14. The number of sulfonamides is 1. The summed E-state index contributed by atoms with van der Waals surface area (Å²) in [6.07, 6.45) is 2.42. The number of para-hydroxylation sites is 1. The third-order valence-corrected chi connectivity index (χ3v) is 4.60. The molecule has 0 bridgehead atoms. The molecule has 7 heteroatoms. The summed E-state index contributed by atoms with van der Waals surface area (Å²) in [6.45, 7) is 2.30. The van der Waals surface area contributed by atoms with E-state index < -0.39 is 10.0 Å². The monoisotopic (exact) mass is 335 g/mol. The van der Waals surface area contributed by atoms with Crippen molar-refractivity contribution < 1.29 is 13.2 Å². The van der Waals surface area contributed by atoms with Gasteiger partial charge in [-0.25, -0.2) is 13.4 Å². The number of nitrogens with zero attached hydrogens (tertiary/aromatic N) is 1. The van der Waals surface area contributed by atoms with Gasteiger partial charge in [-0.3, -0.25) is 4.72 Å². The van der Waals surface area contributed by atoms with Gasteiger partial charge in [-0.2, -0.15) is 0 Å². The lowest BCUT2D eigenvalue weighted by molar-refractivity contribution is 0.410. The molecule has 0 unspecified atom stereocenters. The fourth-order valence-corrected chi connectivity index (χ4v) is 2.63. The quantitative estimate of drug-likeness (QED) is 0.775. The minimum absolute atomic E-state index is 0.0214. The number of ether oxygens (including phenoxy) is 1. The first kappa shape index (κ1) is 17.1. The Hall–Kier alpha value is -2.28. The van der Waals surface area contributed by atoms with Crippen LogP contribution in [0.25, 0.3) is 0 Å². The van der Waals surface area contributed by atoms with Gasteiger partial charge in [-0.05, 0) is 37.1 Å². The average molecular weight is 335 g/mol. The van der Waals surface area contributed by atoms with Gasteiger partial charge in [0, 0.05) is 6.54 Å². The lowest BCUT2D eigenvalue weighted by atomic mass is 10.1. The van der Waals surface area contributed by atoms with Crippen LogP contribution in [0.3, 0.4) is 0 Å². The molecule has 6 nitrogen and oxygen atoms in total. The molecule has 2 rings (SSSR count). The number of aromatic nitrogens is 1. The van der Waals surface area contributed by atoms with Crippen LogP contribution in [0.2, 0.25) is 0 Å². The highest BCUT2D eigenvalue weighted by atomic mass is 32.2. The van der Waals surface area contributed by atoms with Gasteiger partial charge in [0.2, 0.25) is 10.0 Å². The number of pyridine rings is 1. The van der Waals surface area contributed by atoms with Crippen molar-refractivity contribution in [2.75, 3.05) is 29.4 Å². The van der Waals surface area contributed by atoms with Crippen LogP contribution in [-0.2, 0) is 16.4 Å². The van der Waals surface area contributed by atoms with Gasteiger partial charge in [0.25, 0.3) is 0 Å². The molecule has 0 aliphatic rings. The van der Waals surface area contributed by atoms with Crippen molar-refractivity contribution in [3.8, 4) is 5.75 Å². The molecule has 0 radical (unpaired) electrons. The SMILES string of the molecule is CCS(=O)(=O)Nc1ccc(NCCc2ccccc2OC)cn1. The number of hydrogen-bond acceptors (Lipinski definition) is 5. The fraction of sp³-hybridized carbons (Fsp3) is 0.312. The van der Waals surface area contributed by atoms with E-state index in [1.54, 1.807) is 32.4 Å². The van der Waals surface area contributed by atoms with Crippen molar-refractivity contribution >= 4 is 21.5 Å². The first-order valence-electron chi connectivity index (χ1n) is 7.36. The maximum atomic E-state index is 11.5. The number of rotatable bonds is 8. The smallest absolute Gasteiger partial charge is 0.233 e. The molecule has 0 spiro atoms. The minimum Gasteiger partial charge on any atom is -0.496 e. The standard InChI is InChI=1S/C16H21N3O3S/c1-3-23(20,21)19-16-9-8-14(12-18-16)17-11-10-13-6-4-5-7-15(13)22-2/h4-9,12,17H,3,10-11H2,1-2H3,(H,18,19). The summed E-state index contributed by atoms with van der Waals surface area (Å²) in [5, 5.41) is 3.25. The van der Waals surface area contributed by atoms with E-state index in [0.29, 0.717) is 5.82 Å². The summed E-state index contributed by atoms with van der Waals surface area (Å²) in [5.74, 6) is 1.21. The van der Waals surface area contributed by atoms with Crippen molar-refractivity contribution in [3.05, 3.63) is 48.2 Å². The Morgan fingerprint density at radius 2 is 1.96 bits per heavy atom. The Morgan fingerprint density at radius 1 is 1.17 bits per heavy atom. The molecule has 23 heavy (non-hydrogen) atoms. The van der Waals surface area contributed by atoms with Gasteiger partial charge < -0.3 is 10.1 Å².